The second-order valence-corrected chi connectivity index (χ2v) is 6.09. The molecule has 0 aliphatic rings. The Labute approximate surface area is 150 Å². The van der Waals surface area contributed by atoms with Crippen molar-refractivity contribution in [2.24, 2.45) is 0 Å². The highest BCUT2D eigenvalue weighted by molar-refractivity contribution is 6.31. The smallest absolute Gasteiger partial charge is 0.272 e. The van der Waals surface area contributed by atoms with Gasteiger partial charge in [-0.3, -0.25) is 14.2 Å². The molecule has 0 aliphatic heterocycles. The molecule has 1 amide bonds. The van der Waals surface area contributed by atoms with E-state index in [0.29, 0.717) is 23.9 Å². The predicted molar refractivity (Wildman–Crippen MR) is 93.4 cm³/mol. The van der Waals surface area contributed by atoms with Gasteiger partial charge in [-0.1, -0.05) is 11.6 Å². The van der Waals surface area contributed by atoms with E-state index < -0.39 is 0 Å². The van der Waals surface area contributed by atoms with E-state index in [1.54, 1.807) is 21.6 Å². The second kappa shape index (κ2) is 7.10. The molecular weight excluding hydrogens is 342 g/mol. The zero-order valence-corrected chi connectivity index (χ0v) is 15.2. The zero-order valence-electron chi connectivity index (χ0n) is 14.4. The summed E-state index contributed by atoms with van der Waals surface area (Å²) in [6, 6.07) is 3.56. The summed E-state index contributed by atoms with van der Waals surface area (Å²) in [5.74, 6) is -0.240. The maximum Gasteiger partial charge on any atom is 0.272 e. The van der Waals surface area contributed by atoms with Crippen LogP contribution in [0.2, 0.25) is 5.02 Å². The number of rotatable bonds is 6. The van der Waals surface area contributed by atoms with E-state index in [0.717, 1.165) is 23.6 Å². The van der Waals surface area contributed by atoms with Crippen molar-refractivity contribution in [3.05, 3.63) is 52.3 Å². The third-order valence-corrected chi connectivity index (χ3v) is 4.44. The van der Waals surface area contributed by atoms with Gasteiger partial charge in [-0.2, -0.15) is 15.3 Å². The number of carbonyl (C=O) groups excluding carboxylic acids is 1. The summed E-state index contributed by atoms with van der Waals surface area (Å²) in [5.41, 5.74) is 2.80. The van der Waals surface area contributed by atoms with Crippen LogP contribution in [-0.2, 0) is 19.8 Å². The Kier molecular flexibility index (Phi) is 4.89. The highest BCUT2D eigenvalue weighted by Gasteiger charge is 2.12. The minimum atomic E-state index is -0.240. The van der Waals surface area contributed by atoms with Gasteiger partial charge >= 0.3 is 0 Å². The molecule has 0 spiro atoms. The van der Waals surface area contributed by atoms with Crippen LogP contribution in [0.3, 0.4) is 0 Å². The summed E-state index contributed by atoms with van der Waals surface area (Å²) < 4.78 is 5.22. The first-order chi connectivity index (χ1) is 12.0. The van der Waals surface area contributed by atoms with Crippen LogP contribution in [0.25, 0.3) is 0 Å². The fraction of sp³-hybridized carbons (Fsp3) is 0.375. The van der Waals surface area contributed by atoms with Crippen molar-refractivity contribution in [3.63, 3.8) is 0 Å². The van der Waals surface area contributed by atoms with Crippen LogP contribution in [0.4, 0.5) is 0 Å². The maximum absolute atomic E-state index is 12.2. The number of aromatic nitrogens is 6. The van der Waals surface area contributed by atoms with Crippen molar-refractivity contribution in [2.45, 2.75) is 40.5 Å². The van der Waals surface area contributed by atoms with Crippen LogP contribution in [0, 0.1) is 13.8 Å². The van der Waals surface area contributed by atoms with Crippen molar-refractivity contribution in [3.8, 4) is 0 Å². The molecular formula is C16H20ClN7O. The van der Waals surface area contributed by atoms with E-state index in [2.05, 4.69) is 20.6 Å². The van der Waals surface area contributed by atoms with Crippen LogP contribution in [-0.4, -0.2) is 35.2 Å². The highest BCUT2D eigenvalue weighted by Crippen LogP contribution is 2.18. The first kappa shape index (κ1) is 17.2. The maximum atomic E-state index is 12.2. The van der Waals surface area contributed by atoms with Crippen molar-refractivity contribution < 1.29 is 4.79 Å². The molecule has 0 aliphatic carbocycles. The number of amides is 1. The lowest BCUT2D eigenvalue weighted by Gasteiger charge is -2.04. The third-order valence-electron chi connectivity index (χ3n) is 3.90. The summed E-state index contributed by atoms with van der Waals surface area (Å²) in [5, 5.41) is 16.5. The molecule has 3 aromatic heterocycles. The number of nitrogens with zero attached hydrogens (tertiary/aromatic N) is 6. The summed E-state index contributed by atoms with van der Waals surface area (Å²) in [6.07, 6.45) is 3.63. The molecule has 25 heavy (non-hydrogen) atoms. The van der Waals surface area contributed by atoms with Gasteiger partial charge < -0.3 is 5.32 Å². The van der Waals surface area contributed by atoms with Crippen molar-refractivity contribution in [1.82, 2.24) is 34.7 Å². The average Bonchev–Trinajstić information content (AvgIpc) is 3.31. The fourth-order valence-electron chi connectivity index (χ4n) is 2.45. The van der Waals surface area contributed by atoms with Gasteiger partial charge in [-0.15, -0.1) is 0 Å². The quantitative estimate of drug-likeness (QED) is 0.728. The lowest BCUT2D eigenvalue weighted by Crippen LogP contribution is -2.24. The van der Waals surface area contributed by atoms with E-state index in [1.165, 1.54) is 0 Å². The lowest BCUT2D eigenvalue weighted by molar-refractivity contribution is 0.0944. The summed E-state index contributed by atoms with van der Waals surface area (Å²) in [6.45, 7) is 7.33. The largest absolute Gasteiger partial charge is 0.345 e. The van der Waals surface area contributed by atoms with Crippen LogP contribution in [0.5, 0.6) is 0 Å². The Morgan fingerprint density at radius 2 is 1.92 bits per heavy atom. The molecule has 9 heteroatoms. The first-order valence-corrected chi connectivity index (χ1v) is 8.39. The Morgan fingerprint density at radius 1 is 1.16 bits per heavy atom. The summed E-state index contributed by atoms with van der Waals surface area (Å²) in [4.78, 5) is 12.2. The third kappa shape index (κ3) is 3.74. The van der Waals surface area contributed by atoms with Gasteiger partial charge in [0.05, 0.1) is 28.6 Å². The highest BCUT2D eigenvalue weighted by atomic mass is 35.5. The second-order valence-electron chi connectivity index (χ2n) is 5.71. The number of halogens is 1. The number of hydrogen-bond donors (Lipinski definition) is 1. The minimum absolute atomic E-state index is 0.240. The molecule has 0 radical (unpaired) electrons. The molecule has 0 fully saturated rings. The molecule has 0 bridgehead atoms. The van der Waals surface area contributed by atoms with E-state index in [-0.39, 0.29) is 5.91 Å². The van der Waals surface area contributed by atoms with E-state index >= 15 is 0 Å². The van der Waals surface area contributed by atoms with Gasteiger partial charge in [-0.05, 0) is 32.9 Å². The molecule has 0 unspecified atom stereocenters. The normalized spacial score (nSPS) is 11.0. The van der Waals surface area contributed by atoms with Gasteiger partial charge in [0.25, 0.3) is 5.91 Å². The molecule has 0 saturated heterocycles. The van der Waals surface area contributed by atoms with Crippen molar-refractivity contribution in [1.29, 1.82) is 0 Å². The average molecular weight is 362 g/mol. The van der Waals surface area contributed by atoms with Crippen LogP contribution < -0.4 is 5.32 Å². The fourth-order valence-corrected chi connectivity index (χ4v) is 2.58. The topological polar surface area (TPSA) is 82.6 Å². The van der Waals surface area contributed by atoms with Gasteiger partial charge in [0.1, 0.15) is 12.4 Å². The first-order valence-electron chi connectivity index (χ1n) is 8.01. The standard InChI is InChI=1S/C16H20ClN7O/c1-4-22-7-5-13(20-22)9-18-16(25)14-6-8-23(21-14)10-24-12(3)15(17)11(2)19-24/h5-8H,4,9-10H2,1-3H3,(H,18,25). The molecule has 8 nitrogen and oxygen atoms in total. The van der Waals surface area contributed by atoms with Gasteiger partial charge in [-0.25, -0.2) is 4.68 Å². The number of aryl methyl sites for hydroxylation is 2. The van der Waals surface area contributed by atoms with E-state index in [4.69, 9.17) is 11.6 Å². The van der Waals surface area contributed by atoms with Gasteiger partial charge in [0, 0.05) is 18.9 Å². The molecule has 132 valence electrons. The van der Waals surface area contributed by atoms with E-state index in [9.17, 15) is 4.79 Å². The molecule has 0 atom stereocenters. The monoisotopic (exact) mass is 361 g/mol. The Balaban J connectivity index is 1.62. The Bertz CT molecular complexity index is 892. The Morgan fingerprint density at radius 3 is 2.56 bits per heavy atom. The lowest BCUT2D eigenvalue weighted by atomic mass is 10.4. The predicted octanol–water partition coefficient (Wildman–Crippen LogP) is 2.00. The van der Waals surface area contributed by atoms with E-state index in [1.807, 2.05) is 37.7 Å². The molecule has 3 aromatic rings. The Hall–Kier alpha value is -2.61. The molecule has 0 aromatic carbocycles. The molecule has 3 rings (SSSR count). The van der Waals surface area contributed by atoms with Gasteiger partial charge in [0.15, 0.2) is 0 Å². The van der Waals surface area contributed by atoms with Gasteiger partial charge in [0.2, 0.25) is 0 Å². The summed E-state index contributed by atoms with van der Waals surface area (Å²) >= 11 is 6.15. The minimum Gasteiger partial charge on any atom is -0.345 e. The molecule has 3 heterocycles. The number of nitrogens with one attached hydrogen (secondary N) is 1. The van der Waals surface area contributed by atoms with Crippen LogP contribution in [0.15, 0.2) is 24.5 Å². The number of hydrogen-bond acceptors (Lipinski definition) is 4. The van der Waals surface area contributed by atoms with Crippen LogP contribution >= 0.6 is 11.6 Å². The van der Waals surface area contributed by atoms with Crippen molar-refractivity contribution in [2.75, 3.05) is 0 Å². The van der Waals surface area contributed by atoms with Crippen molar-refractivity contribution >= 4 is 17.5 Å². The van der Waals surface area contributed by atoms with Crippen LogP contribution in [0.1, 0.15) is 34.5 Å². The summed E-state index contributed by atoms with van der Waals surface area (Å²) in [7, 11) is 0. The zero-order chi connectivity index (χ0) is 18.0. The number of carbonyl (C=O) groups is 1. The SMILES string of the molecule is CCn1ccc(CNC(=O)c2ccn(Cn3nc(C)c(Cl)c3C)n2)n1. The molecule has 0 saturated carbocycles. The molecule has 1 N–H and O–H groups in total.